The Labute approximate surface area is 201 Å². The Kier molecular flexibility index (Phi) is 6.77. The van der Waals surface area contributed by atoms with E-state index in [1.54, 1.807) is 18.2 Å². The van der Waals surface area contributed by atoms with Crippen LogP contribution in [0.25, 0.3) is 11.1 Å². The first-order chi connectivity index (χ1) is 16.2. The Morgan fingerprint density at radius 3 is 2.35 bits per heavy atom. The molecule has 0 aromatic heterocycles. The zero-order chi connectivity index (χ0) is 24.5. The number of benzene rings is 3. The number of anilines is 1. The van der Waals surface area contributed by atoms with Crippen molar-refractivity contribution in [2.75, 3.05) is 5.32 Å². The van der Waals surface area contributed by atoms with Crippen LogP contribution in [0.5, 0.6) is 0 Å². The highest BCUT2D eigenvalue weighted by molar-refractivity contribution is 7.89. The molecule has 0 saturated heterocycles. The minimum absolute atomic E-state index is 0.0262. The van der Waals surface area contributed by atoms with Gasteiger partial charge in [0.2, 0.25) is 10.0 Å². The lowest BCUT2D eigenvalue weighted by Gasteiger charge is -2.38. The summed E-state index contributed by atoms with van der Waals surface area (Å²) in [6, 6.07) is 20.4. The number of hydrogen-bond acceptors (Lipinski definition) is 4. The van der Waals surface area contributed by atoms with Crippen molar-refractivity contribution in [1.82, 2.24) is 4.90 Å². The highest BCUT2D eigenvalue weighted by Crippen LogP contribution is 2.32. The van der Waals surface area contributed by atoms with Gasteiger partial charge in [-0.25, -0.2) is 13.6 Å². The van der Waals surface area contributed by atoms with Crippen molar-refractivity contribution >= 4 is 21.6 Å². The molecule has 6 nitrogen and oxygen atoms in total. The SMILES string of the molecule is CCCC1Nc2ccc(C(C)C)cc2C(=O)N1Cc1ccc(-c2ccccc2S(N)(=O)=O)cc1. The van der Waals surface area contributed by atoms with E-state index >= 15 is 0 Å². The molecule has 34 heavy (non-hydrogen) atoms. The Bertz CT molecular complexity index is 1300. The number of carbonyl (C=O) groups is 1. The summed E-state index contributed by atoms with van der Waals surface area (Å²) in [5.74, 6) is 0.367. The van der Waals surface area contributed by atoms with Gasteiger partial charge in [-0.1, -0.05) is 75.7 Å². The molecule has 7 heteroatoms. The van der Waals surface area contributed by atoms with E-state index < -0.39 is 10.0 Å². The zero-order valence-corrected chi connectivity index (χ0v) is 20.6. The quantitative estimate of drug-likeness (QED) is 0.482. The van der Waals surface area contributed by atoms with Gasteiger partial charge in [-0.2, -0.15) is 0 Å². The molecule has 1 unspecified atom stereocenters. The first-order valence-electron chi connectivity index (χ1n) is 11.6. The highest BCUT2D eigenvalue weighted by atomic mass is 32.2. The molecule has 1 amide bonds. The van der Waals surface area contributed by atoms with Crippen LogP contribution in [0, 0.1) is 0 Å². The van der Waals surface area contributed by atoms with Gasteiger partial charge in [0.15, 0.2) is 0 Å². The number of nitrogens with two attached hydrogens (primary N) is 1. The van der Waals surface area contributed by atoms with Crippen LogP contribution in [-0.2, 0) is 16.6 Å². The van der Waals surface area contributed by atoms with Crippen LogP contribution >= 0.6 is 0 Å². The topological polar surface area (TPSA) is 92.5 Å². The van der Waals surface area contributed by atoms with Gasteiger partial charge in [-0.15, -0.1) is 0 Å². The fraction of sp³-hybridized carbons (Fsp3) is 0.296. The number of hydrogen-bond donors (Lipinski definition) is 2. The van der Waals surface area contributed by atoms with E-state index in [1.807, 2.05) is 41.3 Å². The molecule has 1 heterocycles. The summed E-state index contributed by atoms with van der Waals surface area (Å²) in [5, 5.41) is 8.95. The molecule has 0 radical (unpaired) electrons. The van der Waals surface area contributed by atoms with Gasteiger partial charge in [0, 0.05) is 17.8 Å². The standard InChI is InChI=1S/C27H31N3O3S/c1-4-7-26-29-24-15-14-21(18(2)3)16-23(24)27(31)30(26)17-19-10-12-20(13-11-19)22-8-5-6-9-25(22)34(28,32)33/h5-6,8-16,18,26,29H,4,7,17H2,1-3H3,(H2,28,32,33). The van der Waals surface area contributed by atoms with E-state index in [1.165, 1.54) is 6.07 Å². The Morgan fingerprint density at radius 2 is 1.71 bits per heavy atom. The number of primary sulfonamides is 1. The minimum atomic E-state index is -3.83. The fourth-order valence-corrected chi connectivity index (χ4v) is 5.16. The number of amides is 1. The van der Waals surface area contributed by atoms with Gasteiger partial charge >= 0.3 is 0 Å². The monoisotopic (exact) mass is 477 g/mol. The van der Waals surface area contributed by atoms with Gasteiger partial charge in [0.25, 0.3) is 5.91 Å². The lowest BCUT2D eigenvalue weighted by Crippen LogP contribution is -2.48. The molecule has 0 fully saturated rings. The Hall–Kier alpha value is -3.16. The highest BCUT2D eigenvalue weighted by Gasteiger charge is 2.31. The van der Waals surface area contributed by atoms with Crippen LogP contribution in [0.4, 0.5) is 5.69 Å². The molecule has 0 saturated carbocycles. The van der Waals surface area contributed by atoms with Crippen LogP contribution < -0.4 is 10.5 Å². The minimum Gasteiger partial charge on any atom is -0.364 e. The second-order valence-electron chi connectivity index (χ2n) is 9.08. The van der Waals surface area contributed by atoms with Crippen molar-refractivity contribution in [3.63, 3.8) is 0 Å². The summed E-state index contributed by atoms with van der Waals surface area (Å²) in [6.07, 6.45) is 1.71. The summed E-state index contributed by atoms with van der Waals surface area (Å²) in [5.41, 5.74) is 5.02. The van der Waals surface area contributed by atoms with Crippen LogP contribution in [0.15, 0.2) is 71.6 Å². The average Bonchev–Trinajstić information content (AvgIpc) is 2.81. The van der Waals surface area contributed by atoms with Crippen LogP contribution in [0.3, 0.4) is 0 Å². The van der Waals surface area contributed by atoms with E-state index in [2.05, 4.69) is 32.2 Å². The third kappa shape index (κ3) is 4.86. The fourth-order valence-electron chi connectivity index (χ4n) is 4.40. The predicted molar refractivity (Wildman–Crippen MR) is 136 cm³/mol. The molecule has 0 bridgehead atoms. The Morgan fingerprint density at radius 1 is 1.00 bits per heavy atom. The number of rotatable bonds is 7. The largest absolute Gasteiger partial charge is 0.364 e. The molecule has 178 valence electrons. The van der Waals surface area contributed by atoms with Crippen LogP contribution in [0.1, 0.15) is 61.0 Å². The maximum Gasteiger partial charge on any atom is 0.257 e. The van der Waals surface area contributed by atoms with E-state index in [9.17, 15) is 13.2 Å². The van der Waals surface area contributed by atoms with Crippen LogP contribution in [-0.4, -0.2) is 25.4 Å². The lowest BCUT2D eigenvalue weighted by atomic mass is 9.96. The third-order valence-electron chi connectivity index (χ3n) is 6.27. The number of fused-ring (bicyclic) bond motifs is 1. The maximum atomic E-state index is 13.5. The normalized spacial score (nSPS) is 15.9. The van der Waals surface area contributed by atoms with Gasteiger partial charge in [-0.3, -0.25) is 4.79 Å². The molecular formula is C27H31N3O3S. The first-order valence-corrected chi connectivity index (χ1v) is 13.2. The second kappa shape index (κ2) is 9.60. The first kappa shape index (κ1) is 24.0. The molecule has 3 aromatic rings. The van der Waals surface area contributed by atoms with E-state index in [-0.39, 0.29) is 17.0 Å². The van der Waals surface area contributed by atoms with Gasteiger partial charge in [0.05, 0.1) is 10.5 Å². The number of nitrogens with one attached hydrogen (secondary N) is 1. The van der Waals surface area contributed by atoms with Gasteiger partial charge in [0.1, 0.15) is 6.17 Å². The molecule has 3 N–H and O–H groups in total. The van der Waals surface area contributed by atoms with E-state index in [0.29, 0.717) is 23.6 Å². The van der Waals surface area contributed by atoms with Gasteiger partial charge in [-0.05, 0) is 47.2 Å². The summed E-state index contributed by atoms with van der Waals surface area (Å²) < 4.78 is 24.0. The molecule has 1 aliphatic heterocycles. The molecule has 1 aliphatic rings. The van der Waals surface area contributed by atoms with Crippen molar-refractivity contribution in [2.24, 2.45) is 5.14 Å². The second-order valence-corrected chi connectivity index (χ2v) is 10.6. The smallest absolute Gasteiger partial charge is 0.257 e. The van der Waals surface area contributed by atoms with Crippen molar-refractivity contribution < 1.29 is 13.2 Å². The maximum absolute atomic E-state index is 13.5. The van der Waals surface area contributed by atoms with Crippen molar-refractivity contribution in [3.05, 3.63) is 83.4 Å². The average molecular weight is 478 g/mol. The molecule has 3 aromatic carbocycles. The Balaban J connectivity index is 1.63. The van der Waals surface area contributed by atoms with Crippen molar-refractivity contribution in [1.29, 1.82) is 0 Å². The molecule has 0 spiro atoms. The van der Waals surface area contributed by atoms with Gasteiger partial charge < -0.3 is 10.2 Å². The molecule has 1 atom stereocenters. The molecule has 4 rings (SSSR count). The number of carbonyl (C=O) groups excluding carboxylic acids is 1. The summed E-state index contributed by atoms with van der Waals surface area (Å²) >= 11 is 0. The van der Waals surface area contributed by atoms with E-state index in [0.717, 1.165) is 35.2 Å². The molecule has 0 aliphatic carbocycles. The number of nitrogens with zero attached hydrogens (tertiary/aromatic N) is 1. The van der Waals surface area contributed by atoms with Crippen LogP contribution in [0.2, 0.25) is 0 Å². The number of sulfonamides is 1. The summed E-state index contributed by atoms with van der Waals surface area (Å²) in [4.78, 5) is 15.5. The summed E-state index contributed by atoms with van der Waals surface area (Å²) in [6.45, 7) is 6.81. The molecular weight excluding hydrogens is 446 g/mol. The summed E-state index contributed by atoms with van der Waals surface area (Å²) in [7, 11) is -3.83. The third-order valence-corrected chi connectivity index (χ3v) is 7.24. The van der Waals surface area contributed by atoms with Crippen molar-refractivity contribution in [3.8, 4) is 11.1 Å². The zero-order valence-electron chi connectivity index (χ0n) is 19.8. The lowest BCUT2D eigenvalue weighted by molar-refractivity contribution is 0.0659. The predicted octanol–water partition coefficient (Wildman–Crippen LogP) is 5.32. The van der Waals surface area contributed by atoms with Crippen molar-refractivity contribution in [2.45, 2.75) is 57.1 Å². The van der Waals surface area contributed by atoms with E-state index in [4.69, 9.17) is 5.14 Å².